The predicted octanol–water partition coefficient (Wildman–Crippen LogP) is 1.01. The van der Waals surface area contributed by atoms with Crippen molar-refractivity contribution in [3.63, 3.8) is 0 Å². The van der Waals surface area contributed by atoms with Gasteiger partial charge in [-0.05, 0) is 37.2 Å². The van der Waals surface area contributed by atoms with Crippen LogP contribution in [-0.4, -0.2) is 94.9 Å². The highest BCUT2D eigenvalue weighted by molar-refractivity contribution is 7.91. The van der Waals surface area contributed by atoms with Crippen molar-refractivity contribution < 1.29 is 23.2 Å². The Labute approximate surface area is 225 Å². The van der Waals surface area contributed by atoms with E-state index in [0.29, 0.717) is 42.5 Å². The van der Waals surface area contributed by atoms with Crippen LogP contribution in [0.1, 0.15) is 33.3 Å². The number of hydrogen-bond donors (Lipinski definition) is 2. The topological polar surface area (TPSA) is 162 Å². The number of aliphatic hydroxyl groups is 1. The minimum atomic E-state index is -3.97. The fraction of sp³-hybridized carbons (Fsp3) is 0.609. The van der Waals surface area contributed by atoms with Crippen LogP contribution in [0.3, 0.4) is 0 Å². The Morgan fingerprint density at radius 3 is 2.50 bits per heavy atom. The minimum absolute atomic E-state index is 0.0427. The summed E-state index contributed by atoms with van der Waals surface area (Å²) in [5.74, 6) is 0.380. The second-order valence-electron chi connectivity index (χ2n) is 10.4. The molecular formula is C23H33N7O6S2. The number of carbonyl (C=O) groups is 1. The van der Waals surface area contributed by atoms with E-state index in [1.54, 1.807) is 26.2 Å². The maximum absolute atomic E-state index is 13.4. The molecule has 2 atom stereocenters. The third-order valence-corrected chi connectivity index (χ3v) is 10.2. The minimum Gasteiger partial charge on any atom is -0.386 e. The molecule has 2 saturated heterocycles. The van der Waals surface area contributed by atoms with Crippen molar-refractivity contribution in [3.05, 3.63) is 40.2 Å². The summed E-state index contributed by atoms with van der Waals surface area (Å²) in [6, 6.07) is 1.70. The summed E-state index contributed by atoms with van der Waals surface area (Å²) in [6.45, 7) is 9.23. The van der Waals surface area contributed by atoms with Crippen LogP contribution < -0.4 is 10.2 Å². The van der Waals surface area contributed by atoms with Crippen molar-refractivity contribution in [2.24, 2.45) is 5.92 Å². The number of nitrogens with zero attached hydrogens (tertiary/aromatic N) is 6. The van der Waals surface area contributed by atoms with Gasteiger partial charge in [-0.1, -0.05) is 13.8 Å². The Morgan fingerprint density at radius 2 is 1.92 bits per heavy atom. The van der Waals surface area contributed by atoms with E-state index in [-0.39, 0.29) is 46.7 Å². The van der Waals surface area contributed by atoms with Gasteiger partial charge >= 0.3 is 5.00 Å². The molecule has 2 aromatic heterocycles. The fourth-order valence-electron chi connectivity index (χ4n) is 4.86. The summed E-state index contributed by atoms with van der Waals surface area (Å²) in [5.41, 5.74) is -0.564. The molecule has 0 spiro atoms. The summed E-state index contributed by atoms with van der Waals surface area (Å²) in [4.78, 5) is 36.1. The van der Waals surface area contributed by atoms with Crippen LogP contribution in [0.15, 0.2) is 28.7 Å². The zero-order valence-electron chi connectivity index (χ0n) is 21.8. The first-order chi connectivity index (χ1) is 17.8. The summed E-state index contributed by atoms with van der Waals surface area (Å²) >= 11 is 0.630. The molecule has 15 heteroatoms. The summed E-state index contributed by atoms with van der Waals surface area (Å²) in [6.07, 6.45) is 3.11. The highest BCUT2D eigenvalue weighted by Gasteiger charge is 2.40. The van der Waals surface area contributed by atoms with Crippen LogP contribution in [0, 0.1) is 16.0 Å². The molecular weight excluding hydrogens is 534 g/mol. The highest BCUT2D eigenvalue weighted by atomic mass is 32.2. The first-order valence-corrected chi connectivity index (χ1v) is 14.6. The van der Waals surface area contributed by atoms with Crippen LogP contribution in [0.4, 0.5) is 10.9 Å². The molecule has 2 fully saturated rings. The molecule has 1 amide bonds. The quantitative estimate of drug-likeness (QED) is 0.348. The molecule has 0 radical (unpaired) electrons. The first-order valence-electron chi connectivity index (χ1n) is 12.4. The maximum atomic E-state index is 13.4. The third kappa shape index (κ3) is 5.81. The molecule has 208 valence electrons. The van der Waals surface area contributed by atoms with Crippen LogP contribution in [-0.2, 0) is 20.4 Å². The van der Waals surface area contributed by atoms with Crippen molar-refractivity contribution in [1.29, 1.82) is 0 Å². The van der Waals surface area contributed by atoms with Gasteiger partial charge in [0.2, 0.25) is 11.9 Å². The van der Waals surface area contributed by atoms with Gasteiger partial charge in [-0.3, -0.25) is 19.8 Å². The van der Waals surface area contributed by atoms with Crippen LogP contribution in [0.25, 0.3) is 0 Å². The average molecular weight is 568 g/mol. The molecule has 38 heavy (non-hydrogen) atoms. The van der Waals surface area contributed by atoms with Gasteiger partial charge in [-0.15, -0.1) is 0 Å². The lowest BCUT2D eigenvalue weighted by atomic mass is 9.98. The van der Waals surface area contributed by atoms with Crippen LogP contribution in [0.2, 0.25) is 0 Å². The number of rotatable bonds is 8. The van der Waals surface area contributed by atoms with E-state index in [1.807, 2.05) is 18.7 Å². The zero-order valence-corrected chi connectivity index (χ0v) is 23.4. The number of amides is 1. The average Bonchev–Trinajstić information content (AvgIpc) is 3.35. The van der Waals surface area contributed by atoms with Gasteiger partial charge in [-0.2, -0.15) is 4.31 Å². The van der Waals surface area contributed by atoms with E-state index in [1.165, 1.54) is 16.4 Å². The number of piperazine rings is 2. The predicted molar refractivity (Wildman–Crippen MR) is 141 cm³/mol. The van der Waals surface area contributed by atoms with Gasteiger partial charge in [0.15, 0.2) is 0 Å². The number of carbonyl (C=O) groups excluding carboxylic acids is 1. The molecule has 4 heterocycles. The number of aromatic nitrogens is 2. The number of hydrogen-bond acceptors (Lipinski definition) is 11. The molecule has 2 aliphatic rings. The van der Waals surface area contributed by atoms with E-state index in [2.05, 4.69) is 20.2 Å². The number of nitro groups is 1. The van der Waals surface area contributed by atoms with E-state index in [9.17, 15) is 28.4 Å². The van der Waals surface area contributed by atoms with Crippen molar-refractivity contribution in [1.82, 2.24) is 24.5 Å². The van der Waals surface area contributed by atoms with Crippen LogP contribution in [0.5, 0.6) is 0 Å². The number of anilines is 1. The highest BCUT2D eigenvalue weighted by Crippen LogP contribution is 2.32. The Bertz CT molecular complexity index is 1280. The van der Waals surface area contributed by atoms with E-state index in [4.69, 9.17) is 0 Å². The lowest BCUT2D eigenvalue weighted by Gasteiger charge is -2.45. The zero-order chi connectivity index (χ0) is 27.8. The standard InChI is InChI=1S/C23H33N7O6S2/c1-15(2)20-21(31)24-7-8-27(20)13-17-14-28(38(35,36)19-6-5-18(37-19)30(33)34)9-10-29(17)22-25-11-16(12-26-22)23(3,4)32/h5-6,11-12,15,17,20,32H,7-10,13-14H2,1-4H3,(H,24,31)/t17-,20?/m0/s1. The van der Waals surface area contributed by atoms with E-state index >= 15 is 0 Å². The smallest absolute Gasteiger partial charge is 0.325 e. The Balaban J connectivity index is 1.64. The summed E-state index contributed by atoms with van der Waals surface area (Å²) in [5, 5.41) is 24.1. The van der Waals surface area contributed by atoms with E-state index in [0.717, 1.165) is 0 Å². The second kappa shape index (κ2) is 10.8. The molecule has 1 unspecified atom stereocenters. The lowest BCUT2D eigenvalue weighted by molar-refractivity contribution is -0.380. The van der Waals surface area contributed by atoms with Gasteiger partial charge in [0, 0.05) is 63.3 Å². The normalized spacial score (nSPS) is 22.1. The van der Waals surface area contributed by atoms with Gasteiger partial charge < -0.3 is 15.3 Å². The van der Waals surface area contributed by atoms with Crippen molar-refractivity contribution in [3.8, 4) is 0 Å². The fourth-order valence-corrected chi connectivity index (χ4v) is 7.59. The van der Waals surface area contributed by atoms with Gasteiger partial charge in [0.05, 0.1) is 22.6 Å². The van der Waals surface area contributed by atoms with Gasteiger partial charge in [0.25, 0.3) is 10.0 Å². The van der Waals surface area contributed by atoms with E-state index < -0.39 is 26.6 Å². The Hall–Kier alpha value is -2.72. The second-order valence-corrected chi connectivity index (χ2v) is 13.6. The molecule has 0 bridgehead atoms. The lowest BCUT2D eigenvalue weighted by Crippen LogP contribution is -2.64. The van der Waals surface area contributed by atoms with Crippen molar-refractivity contribution >= 4 is 38.2 Å². The first kappa shape index (κ1) is 28.3. The molecule has 0 aliphatic carbocycles. The summed E-state index contributed by atoms with van der Waals surface area (Å²) in [7, 11) is -3.97. The number of sulfonamides is 1. The Kier molecular flexibility index (Phi) is 8.04. The molecule has 0 saturated carbocycles. The summed E-state index contributed by atoms with van der Waals surface area (Å²) < 4.78 is 28.1. The SMILES string of the molecule is CC(C)C1C(=O)NCCN1C[C@H]1CN(S(=O)(=O)c2ccc([N+](=O)[O-])s2)CCN1c1ncc(C(C)(C)O)cn1. The van der Waals surface area contributed by atoms with Crippen LogP contribution >= 0.6 is 11.3 Å². The van der Waals surface area contributed by atoms with Gasteiger partial charge in [-0.25, -0.2) is 18.4 Å². The van der Waals surface area contributed by atoms with Crippen molar-refractivity contribution in [2.45, 2.75) is 49.6 Å². The molecule has 2 aliphatic heterocycles. The third-order valence-electron chi connectivity index (χ3n) is 6.83. The van der Waals surface area contributed by atoms with Crippen molar-refractivity contribution in [2.75, 3.05) is 44.2 Å². The monoisotopic (exact) mass is 567 g/mol. The Morgan fingerprint density at radius 1 is 1.24 bits per heavy atom. The largest absolute Gasteiger partial charge is 0.386 e. The maximum Gasteiger partial charge on any atom is 0.325 e. The molecule has 0 aromatic carbocycles. The number of thiophene rings is 1. The molecule has 2 N–H and O–H groups in total. The molecule has 13 nitrogen and oxygen atoms in total. The number of nitrogens with one attached hydrogen (secondary N) is 1. The molecule has 2 aromatic rings. The molecule has 4 rings (SSSR count). The van der Waals surface area contributed by atoms with Gasteiger partial charge in [0.1, 0.15) is 4.21 Å².